The van der Waals surface area contributed by atoms with E-state index in [4.69, 9.17) is 4.74 Å². The molecule has 3 N–H and O–H groups in total. The van der Waals surface area contributed by atoms with Crippen molar-refractivity contribution in [1.82, 2.24) is 15.5 Å². The molecule has 0 saturated heterocycles. The van der Waals surface area contributed by atoms with Crippen LogP contribution in [0.3, 0.4) is 0 Å². The van der Waals surface area contributed by atoms with Crippen molar-refractivity contribution in [3.63, 3.8) is 0 Å². The maximum Gasteiger partial charge on any atom is 0.408 e. The summed E-state index contributed by atoms with van der Waals surface area (Å²) in [5.74, 6) is -0.794. The van der Waals surface area contributed by atoms with Crippen LogP contribution in [0.2, 0.25) is 0 Å². The van der Waals surface area contributed by atoms with Gasteiger partial charge in [0.05, 0.1) is 6.61 Å². The zero-order valence-corrected chi connectivity index (χ0v) is 22.6. The summed E-state index contributed by atoms with van der Waals surface area (Å²) in [5.41, 5.74) is 1.92. The van der Waals surface area contributed by atoms with Crippen LogP contribution < -0.4 is 10.6 Å². The number of rotatable bonds is 13. The zero-order chi connectivity index (χ0) is 26.6. The first-order chi connectivity index (χ1) is 16.5. The molecule has 0 aliphatic carbocycles. The van der Waals surface area contributed by atoms with Gasteiger partial charge in [-0.3, -0.25) is 9.59 Å². The van der Waals surface area contributed by atoms with Crippen molar-refractivity contribution in [2.45, 2.75) is 98.3 Å². The van der Waals surface area contributed by atoms with Crippen LogP contribution >= 0.6 is 0 Å². The standard InChI is InChI=1S/C27H45N3O5/c1-8-10-12-17-30(25(33)22(18-31)29-26(34)35-27(5,6)7)23(24(32)28-16-11-9-2)21-15-13-14-19(3)20(21)4/h13-15,22-23,31H,8-12,16-18H2,1-7H3,(H,28,32)(H,29,34). The van der Waals surface area contributed by atoms with Gasteiger partial charge in [0, 0.05) is 13.1 Å². The fourth-order valence-corrected chi connectivity index (χ4v) is 3.74. The van der Waals surface area contributed by atoms with E-state index in [1.165, 1.54) is 4.90 Å². The molecule has 2 atom stereocenters. The van der Waals surface area contributed by atoms with Crippen molar-refractivity contribution in [1.29, 1.82) is 0 Å². The summed E-state index contributed by atoms with van der Waals surface area (Å²) >= 11 is 0. The lowest BCUT2D eigenvalue weighted by Gasteiger charge is -2.35. The Morgan fingerprint density at radius 2 is 1.71 bits per heavy atom. The second-order valence-corrected chi connectivity index (χ2v) is 9.96. The van der Waals surface area contributed by atoms with Crippen molar-refractivity contribution >= 4 is 17.9 Å². The van der Waals surface area contributed by atoms with E-state index in [1.54, 1.807) is 20.8 Å². The molecule has 2 unspecified atom stereocenters. The lowest BCUT2D eigenvalue weighted by atomic mass is 9.94. The predicted octanol–water partition coefficient (Wildman–Crippen LogP) is 4.17. The summed E-state index contributed by atoms with van der Waals surface area (Å²) in [4.78, 5) is 41.1. The van der Waals surface area contributed by atoms with Crippen LogP contribution in [-0.2, 0) is 14.3 Å². The Hall–Kier alpha value is -2.61. The van der Waals surface area contributed by atoms with Gasteiger partial charge >= 0.3 is 6.09 Å². The van der Waals surface area contributed by atoms with Crippen molar-refractivity contribution in [2.75, 3.05) is 19.7 Å². The minimum atomic E-state index is -1.23. The van der Waals surface area contributed by atoms with Crippen LogP contribution in [0.5, 0.6) is 0 Å². The minimum Gasteiger partial charge on any atom is -0.444 e. The Morgan fingerprint density at radius 3 is 2.29 bits per heavy atom. The fourth-order valence-electron chi connectivity index (χ4n) is 3.74. The molecule has 0 aliphatic rings. The molecule has 1 aromatic carbocycles. The van der Waals surface area contributed by atoms with E-state index in [2.05, 4.69) is 17.6 Å². The van der Waals surface area contributed by atoms with Gasteiger partial charge < -0.3 is 25.4 Å². The molecular formula is C27H45N3O5. The number of aryl methyl sites for hydroxylation is 1. The highest BCUT2D eigenvalue weighted by Gasteiger charge is 2.36. The molecule has 35 heavy (non-hydrogen) atoms. The summed E-state index contributed by atoms with van der Waals surface area (Å²) in [5, 5.41) is 15.5. The molecule has 0 heterocycles. The third kappa shape index (κ3) is 9.88. The number of carbonyl (C=O) groups excluding carboxylic acids is 3. The second-order valence-electron chi connectivity index (χ2n) is 9.96. The first-order valence-electron chi connectivity index (χ1n) is 12.7. The number of nitrogens with zero attached hydrogens (tertiary/aromatic N) is 1. The third-order valence-electron chi connectivity index (χ3n) is 5.79. The zero-order valence-electron chi connectivity index (χ0n) is 22.6. The van der Waals surface area contributed by atoms with Gasteiger partial charge in [-0.15, -0.1) is 0 Å². The highest BCUT2D eigenvalue weighted by atomic mass is 16.6. The van der Waals surface area contributed by atoms with E-state index in [9.17, 15) is 19.5 Å². The van der Waals surface area contributed by atoms with E-state index in [-0.39, 0.29) is 5.91 Å². The Kier molecular flexibility index (Phi) is 12.8. The van der Waals surface area contributed by atoms with Gasteiger partial charge in [0.25, 0.3) is 0 Å². The molecule has 1 aromatic rings. The van der Waals surface area contributed by atoms with Gasteiger partial charge in [0.1, 0.15) is 17.7 Å². The first kappa shape index (κ1) is 30.4. The van der Waals surface area contributed by atoms with Gasteiger partial charge in [0.15, 0.2) is 0 Å². The highest BCUT2D eigenvalue weighted by Crippen LogP contribution is 2.28. The summed E-state index contributed by atoms with van der Waals surface area (Å²) in [6.07, 6.45) is 3.47. The number of carbonyl (C=O) groups is 3. The lowest BCUT2D eigenvalue weighted by Crippen LogP contribution is -2.54. The normalized spacial score (nSPS) is 13.0. The number of aliphatic hydroxyl groups is 1. The monoisotopic (exact) mass is 491 g/mol. The number of hydrogen-bond acceptors (Lipinski definition) is 5. The molecule has 198 valence electrons. The largest absolute Gasteiger partial charge is 0.444 e. The number of nitrogens with one attached hydrogen (secondary N) is 2. The van der Waals surface area contributed by atoms with Gasteiger partial charge in [-0.2, -0.15) is 0 Å². The molecule has 0 saturated carbocycles. The molecule has 0 aromatic heterocycles. The van der Waals surface area contributed by atoms with E-state index < -0.39 is 36.3 Å². The molecule has 0 fully saturated rings. The van der Waals surface area contributed by atoms with Crippen LogP contribution in [0.15, 0.2) is 18.2 Å². The number of unbranched alkanes of at least 4 members (excludes halogenated alkanes) is 3. The van der Waals surface area contributed by atoms with Crippen molar-refractivity contribution in [2.24, 2.45) is 0 Å². The Bertz CT molecular complexity index is 835. The van der Waals surface area contributed by atoms with Gasteiger partial charge in [-0.1, -0.05) is 51.3 Å². The molecule has 8 nitrogen and oxygen atoms in total. The molecular weight excluding hydrogens is 446 g/mol. The smallest absolute Gasteiger partial charge is 0.408 e. The summed E-state index contributed by atoms with van der Waals surface area (Å²) in [7, 11) is 0. The lowest BCUT2D eigenvalue weighted by molar-refractivity contribution is -0.143. The summed E-state index contributed by atoms with van der Waals surface area (Å²) < 4.78 is 5.28. The van der Waals surface area contributed by atoms with E-state index in [0.29, 0.717) is 19.5 Å². The van der Waals surface area contributed by atoms with Crippen molar-refractivity contribution in [3.8, 4) is 0 Å². The highest BCUT2D eigenvalue weighted by molar-refractivity contribution is 5.92. The first-order valence-corrected chi connectivity index (χ1v) is 12.7. The average molecular weight is 492 g/mol. The third-order valence-corrected chi connectivity index (χ3v) is 5.79. The molecule has 0 spiro atoms. The summed E-state index contributed by atoms with van der Waals surface area (Å²) in [6.45, 7) is 13.4. The molecule has 8 heteroatoms. The van der Waals surface area contributed by atoms with Crippen molar-refractivity contribution < 1.29 is 24.2 Å². The number of alkyl carbamates (subject to hydrolysis) is 1. The molecule has 1 rings (SSSR count). The van der Waals surface area contributed by atoms with Crippen molar-refractivity contribution in [3.05, 3.63) is 34.9 Å². The SMILES string of the molecule is CCCCCN(C(=O)C(CO)NC(=O)OC(C)(C)C)C(C(=O)NCCCC)c1cccc(C)c1C. The maximum absolute atomic E-state index is 13.7. The minimum absolute atomic E-state index is 0.272. The van der Waals surface area contributed by atoms with Crippen LogP contribution in [-0.4, -0.2) is 59.3 Å². The van der Waals surface area contributed by atoms with E-state index >= 15 is 0 Å². The fraction of sp³-hybridized carbons (Fsp3) is 0.667. The Balaban J connectivity index is 3.42. The van der Waals surface area contributed by atoms with Gasteiger partial charge in [0.2, 0.25) is 11.8 Å². The quantitative estimate of drug-likeness (QED) is 0.359. The number of ether oxygens (including phenoxy) is 1. The van der Waals surface area contributed by atoms with Crippen LogP contribution in [0.1, 0.15) is 89.5 Å². The second kappa shape index (κ2) is 14.7. The van der Waals surface area contributed by atoms with Gasteiger partial charge in [-0.05, 0) is 64.2 Å². The van der Waals surface area contributed by atoms with E-state index in [1.807, 2.05) is 39.0 Å². The Morgan fingerprint density at radius 1 is 1.06 bits per heavy atom. The van der Waals surface area contributed by atoms with Crippen LogP contribution in [0, 0.1) is 13.8 Å². The number of benzene rings is 1. The van der Waals surface area contributed by atoms with Crippen LogP contribution in [0.25, 0.3) is 0 Å². The molecule has 0 bridgehead atoms. The van der Waals surface area contributed by atoms with Crippen LogP contribution in [0.4, 0.5) is 4.79 Å². The number of aliphatic hydroxyl groups excluding tert-OH is 1. The predicted molar refractivity (Wildman–Crippen MR) is 138 cm³/mol. The number of amides is 3. The van der Waals surface area contributed by atoms with Gasteiger partial charge in [-0.25, -0.2) is 4.79 Å². The maximum atomic E-state index is 13.7. The Labute approximate surface area is 210 Å². The average Bonchev–Trinajstić information content (AvgIpc) is 2.78. The molecule has 3 amide bonds. The number of hydrogen-bond donors (Lipinski definition) is 3. The van der Waals surface area contributed by atoms with E-state index in [0.717, 1.165) is 42.4 Å². The molecule has 0 radical (unpaired) electrons. The topological polar surface area (TPSA) is 108 Å². The molecule has 0 aliphatic heterocycles. The summed E-state index contributed by atoms with van der Waals surface area (Å²) in [6, 6.07) is 3.59.